The molecule has 24 heavy (non-hydrogen) atoms. The predicted octanol–water partition coefficient (Wildman–Crippen LogP) is 4.25. The largest absolute Gasteiger partial charge is 0.214 e. The van der Waals surface area contributed by atoms with E-state index in [-0.39, 0.29) is 5.82 Å². The lowest BCUT2D eigenvalue weighted by Crippen LogP contribution is -1.99. The Labute approximate surface area is 142 Å². The molecular weight excluding hydrogens is 323 g/mol. The maximum Gasteiger partial charge on any atom is 0.214 e. The van der Waals surface area contributed by atoms with Crippen LogP contribution >= 0.6 is 11.8 Å². The molecule has 1 aromatic heterocycles. The van der Waals surface area contributed by atoms with Gasteiger partial charge in [-0.05, 0) is 45.0 Å². The Hall–Kier alpha value is -2.73. The molecule has 0 aliphatic rings. The van der Waals surface area contributed by atoms with Gasteiger partial charge >= 0.3 is 0 Å². The Morgan fingerprint density at radius 1 is 0.958 bits per heavy atom. The molecule has 0 bridgehead atoms. The number of aromatic nitrogens is 4. The molecule has 4 rings (SSSR count). The van der Waals surface area contributed by atoms with Crippen LogP contribution in [0.1, 0.15) is 5.56 Å². The number of fused-ring (bicyclic) bond motifs is 1. The molecule has 4 aromatic rings. The number of tetrazole rings is 1. The molecule has 3 aromatic carbocycles. The van der Waals surface area contributed by atoms with Crippen molar-refractivity contribution in [2.45, 2.75) is 10.9 Å². The van der Waals surface area contributed by atoms with Gasteiger partial charge in [-0.2, -0.15) is 4.68 Å². The third kappa shape index (κ3) is 2.88. The van der Waals surface area contributed by atoms with E-state index in [4.69, 9.17) is 0 Å². The van der Waals surface area contributed by atoms with Crippen molar-refractivity contribution < 1.29 is 4.39 Å². The number of benzene rings is 3. The Balaban J connectivity index is 1.62. The first-order chi connectivity index (χ1) is 11.8. The lowest BCUT2D eigenvalue weighted by Gasteiger charge is -2.07. The lowest BCUT2D eigenvalue weighted by atomic mass is 10.1. The first kappa shape index (κ1) is 14.8. The summed E-state index contributed by atoms with van der Waals surface area (Å²) in [5.41, 5.74) is 1.83. The molecule has 0 saturated heterocycles. The van der Waals surface area contributed by atoms with Gasteiger partial charge in [0, 0.05) is 5.75 Å². The summed E-state index contributed by atoms with van der Waals surface area (Å²) in [5, 5.41) is 14.8. The van der Waals surface area contributed by atoms with Gasteiger partial charge < -0.3 is 0 Å². The summed E-state index contributed by atoms with van der Waals surface area (Å²) in [6.45, 7) is 0. The summed E-state index contributed by atoms with van der Waals surface area (Å²) >= 11 is 1.53. The van der Waals surface area contributed by atoms with Crippen molar-refractivity contribution in [2.75, 3.05) is 0 Å². The van der Waals surface area contributed by atoms with Crippen LogP contribution in [0.5, 0.6) is 0 Å². The van der Waals surface area contributed by atoms with Gasteiger partial charge in [0.1, 0.15) is 5.82 Å². The van der Waals surface area contributed by atoms with Gasteiger partial charge in [0.15, 0.2) is 0 Å². The normalized spacial score (nSPS) is 11.0. The smallest absolute Gasteiger partial charge is 0.207 e. The molecule has 0 atom stereocenters. The zero-order valence-corrected chi connectivity index (χ0v) is 13.4. The second-order valence-corrected chi connectivity index (χ2v) is 6.22. The van der Waals surface area contributed by atoms with Gasteiger partial charge in [-0.25, -0.2) is 4.39 Å². The number of thioether (sulfide) groups is 1. The van der Waals surface area contributed by atoms with Crippen molar-refractivity contribution in [3.05, 3.63) is 78.1 Å². The van der Waals surface area contributed by atoms with Crippen LogP contribution in [0, 0.1) is 5.82 Å². The fourth-order valence-electron chi connectivity index (χ4n) is 2.60. The van der Waals surface area contributed by atoms with Crippen LogP contribution in [0.2, 0.25) is 0 Å². The maximum atomic E-state index is 13.4. The van der Waals surface area contributed by atoms with Crippen LogP contribution in [-0.4, -0.2) is 20.2 Å². The molecule has 1 heterocycles. The van der Waals surface area contributed by atoms with Crippen LogP contribution in [-0.2, 0) is 5.75 Å². The van der Waals surface area contributed by atoms with E-state index in [2.05, 4.69) is 39.8 Å². The van der Waals surface area contributed by atoms with Crippen LogP contribution in [0.3, 0.4) is 0 Å². The van der Waals surface area contributed by atoms with Gasteiger partial charge in [0.2, 0.25) is 5.16 Å². The Bertz CT molecular complexity index is 994. The van der Waals surface area contributed by atoms with Crippen molar-refractivity contribution in [3.63, 3.8) is 0 Å². The maximum absolute atomic E-state index is 13.4. The van der Waals surface area contributed by atoms with E-state index >= 15 is 0 Å². The summed E-state index contributed by atoms with van der Waals surface area (Å²) in [6, 6.07) is 20.8. The minimum Gasteiger partial charge on any atom is -0.207 e. The molecule has 0 radical (unpaired) electrons. The summed E-state index contributed by atoms with van der Waals surface area (Å²) in [6.07, 6.45) is 0. The second-order valence-electron chi connectivity index (χ2n) is 5.28. The number of hydrogen-bond donors (Lipinski definition) is 0. The van der Waals surface area contributed by atoms with Crippen LogP contribution in [0.25, 0.3) is 16.5 Å². The summed E-state index contributed by atoms with van der Waals surface area (Å²) in [5.74, 6) is 0.421. The van der Waals surface area contributed by atoms with E-state index in [1.807, 2.05) is 18.2 Å². The molecule has 118 valence electrons. The highest BCUT2D eigenvalue weighted by atomic mass is 32.2. The number of hydrogen-bond acceptors (Lipinski definition) is 4. The molecule has 6 heteroatoms. The fourth-order valence-corrected chi connectivity index (χ4v) is 3.49. The standard InChI is InChI=1S/C18H13FN4S/c19-15-8-4-9-16(11-15)23-18(20-21-22-23)24-12-14-7-3-6-13-5-1-2-10-17(13)14/h1-11H,12H2. The number of nitrogens with zero attached hydrogens (tertiary/aromatic N) is 4. The topological polar surface area (TPSA) is 43.6 Å². The molecule has 4 nitrogen and oxygen atoms in total. The number of halogens is 1. The second kappa shape index (κ2) is 6.41. The van der Waals surface area contributed by atoms with Crippen molar-refractivity contribution in [3.8, 4) is 5.69 Å². The lowest BCUT2D eigenvalue weighted by molar-refractivity contribution is 0.623. The molecule has 0 aliphatic heterocycles. The van der Waals surface area contributed by atoms with Crippen LogP contribution < -0.4 is 0 Å². The number of rotatable bonds is 4. The minimum absolute atomic E-state index is 0.312. The predicted molar refractivity (Wildman–Crippen MR) is 92.6 cm³/mol. The molecule has 0 N–H and O–H groups in total. The van der Waals surface area contributed by atoms with E-state index in [0.29, 0.717) is 10.8 Å². The molecule has 0 spiro atoms. The van der Waals surface area contributed by atoms with Gasteiger partial charge in [-0.1, -0.05) is 60.3 Å². The average Bonchev–Trinajstić information content (AvgIpc) is 3.08. The first-order valence-corrected chi connectivity index (χ1v) is 8.43. The molecule has 0 aliphatic carbocycles. The Morgan fingerprint density at radius 3 is 2.71 bits per heavy atom. The van der Waals surface area contributed by atoms with Crippen molar-refractivity contribution in [2.24, 2.45) is 0 Å². The zero-order valence-electron chi connectivity index (χ0n) is 12.6. The molecule has 0 amide bonds. The third-order valence-corrected chi connectivity index (χ3v) is 4.70. The summed E-state index contributed by atoms with van der Waals surface area (Å²) in [7, 11) is 0. The van der Waals surface area contributed by atoms with Crippen molar-refractivity contribution in [1.29, 1.82) is 0 Å². The van der Waals surface area contributed by atoms with E-state index in [1.54, 1.807) is 16.8 Å². The molecule has 0 saturated carbocycles. The SMILES string of the molecule is Fc1cccc(-n2nnnc2SCc2cccc3ccccc23)c1. The summed E-state index contributed by atoms with van der Waals surface area (Å²) < 4.78 is 15.0. The summed E-state index contributed by atoms with van der Waals surface area (Å²) in [4.78, 5) is 0. The fraction of sp³-hybridized carbons (Fsp3) is 0.0556. The Kier molecular flexibility index (Phi) is 3.96. The molecule has 0 fully saturated rings. The van der Waals surface area contributed by atoms with E-state index in [1.165, 1.54) is 40.2 Å². The van der Waals surface area contributed by atoms with Gasteiger partial charge in [0.05, 0.1) is 5.69 Å². The molecule has 0 unspecified atom stereocenters. The Morgan fingerprint density at radius 2 is 1.79 bits per heavy atom. The van der Waals surface area contributed by atoms with Gasteiger partial charge in [-0.15, -0.1) is 5.10 Å². The van der Waals surface area contributed by atoms with E-state index in [0.717, 1.165) is 5.75 Å². The average molecular weight is 336 g/mol. The molecular formula is C18H13FN4S. The third-order valence-electron chi connectivity index (χ3n) is 3.73. The minimum atomic E-state index is -0.312. The van der Waals surface area contributed by atoms with Gasteiger partial charge in [-0.3, -0.25) is 0 Å². The first-order valence-electron chi connectivity index (χ1n) is 7.45. The van der Waals surface area contributed by atoms with E-state index < -0.39 is 0 Å². The van der Waals surface area contributed by atoms with Crippen molar-refractivity contribution in [1.82, 2.24) is 20.2 Å². The zero-order chi connectivity index (χ0) is 16.4. The highest BCUT2D eigenvalue weighted by Crippen LogP contribution is 2.27. The quantitative estimate of drug-likeness (QED) is 0.523. The van der Waals surface area contributed by atoms with E-state index in [9.17, 15) is 4.39 Å². The monoisotopic (exact) mass is 336 g/mol. The van der Waals surface area contributed by atoms with Crippen molar-refractivity contribution >= 4 is 22.5 Å². The highest BCUT2D eigenvalue weighted by molar-refractivity contribution is 7.98. The van der Waals surface area contributed by atoms with Crippen LogP contribution in [0.4, 0.5) is 4.39 Å². The highest BCUT2D eigenvalue weighted by Gasteiger charge is 2.10. The van der Waals surface area contributed by atoms with Crippen LogP contribution in [0.15, 0.2) is 71.9 Å². The van der Waals surface area contributed by atoms with Gasteiger partial charge in [0.25, 0.3) is 0 Å².